The van der Waals surface area contributed by atoms with Crippen LogP contribution in [-0.2, 0) is 14.3 Å². The van der Waals surface area contributed by atoms with Crippen LogP contribution < -0.4 is 15.4 Å². The molecule has 12 nitrogen and oxygen atoms in total. The maximum absolute atomic E-state index is 14.8. The molecule has 0 radical (unpaired) electrons. The van der Waals surface area contributed by atoms with Gasteiger partial charge in [0.1, 0.15) is 6.10 Å². The van der Waals surface area contributed by atoms with E-state index in [1.807, 2.05) is 0 Å². The predicted molar refractivity (Wildman–Crippen MR) is 159 cm³/mol. The molecule has 2 amide bonds. The molecular weight excluding hydrogens is 612 g/mol. The second kappa shape index (κ2) is 12.7. The molecule has 2 aliphatic rings. The lowest BCUT2D eigenvalue weighted by atomic mass is 10.1. The number of nitrogens with one attached hydrogen (secondary N) is 2. The Kier molecular flexibility index (Phi) is 8.50. The lowest BCUT2D eigenvalue weighted by Crippen LogP contribution is -2.54. The van der Waals surface area contributed by atoms with Gasteiger partial charge in [-0.1, -0.05) is 11.6 Å². The molecule has 2 saturated heterocycles. The first kappa shape index (κ1) is 30.2. The minimum atomic E-state index is -1.10. The SMILES string of the molecule is COc1ccc(-c2cnc3c(Nc4ccc(C(=O)N5CCN(C(=O)[C@@H]6C[C@@H](OC=O)CN6)CC5)c(Cl)c4)nccn23)c(F)c1F. The number of carbonyl (C=O) groups is 3. The quantitative estimate of drug-likeness (QED) is 0.279. The fraction of sp³-hybridized carbons (Fsp3) is 0.300. The standard InChI is InChI=1S/C30H28ClF2N7O5/c1-44-24-5-4-20(25(32)26(24)33)23-15-36-28-27(34-6-7-40(23)28)37-17-2-3-19(21(31)12-17)29(42)38-8-10-39(11-9-38)30(43)22-13-18(14-35-22)45-16-41/h2-7,12,15-16,18,22,35H,8-11,13-14H2,1H3,(H,34,37)/t18-,22+/m1/s1. The number of methoxy groups -OCH3 is 1. The van der Waals surface area contributed by atoms with Crippen LogP contribution in [0.1, 0.15) is 16.8 Å². The smallest absolute Gasteiger partial charge is 0.293 e. The fourth-order valence-electron chi connectivity index (χ4n) is 5.59. The maximum Gasteiger partial charge on any atom is 0.293 e. The van der Waals surface area contributed by atoms with Crippen molar-refractivity contribution < 1.29 is 32.6 Å². The summed E-state index contributed by atoms with van der Waals surface area (Å²) in [5.41, 5.74) is 1.50. The number of nitrogens with zero attached hydrogens (tertiary/aromatic N) is 5. The van der Waals surface area contributed by atoms with Gasteiger partial charge >= 0.3 is 0 Å². The van der Waals surface area contributed by atoms with Gasteiger partial charge in [0.25, 0.3) is 12.4 Å². The molecule has 15 heteroatoms. The largest absolute Gasteiger partial charge is 0.494 e. The van der Waals surface area contributed by atoms with E-state index < -0.39 is 17.7 Å². The second-order valence-corrected chi connectivity index (χ2v) is 11.0. The molecule has 2 aliphatic heterocycles. The molecule has 0 spiro atoms. The predicted octanol–water partition coefficient (Wildman–Crippen LogP) is 3.27. The summed E-state index contributed by atoms with van der Waals surface area (Å²) in [5.74, 6) is -2.38. The number of benzene rings is 2. The number of hydrogen-bond acceptors (Lipinski definition) is 9. The van der Waals surface area contributed by atoms with Crippen LogP contribution in [0.5, 0.6) is 5.75 Å². The van der Waals surface area contributed by atoms with Gasteiger partial charge in [0.15, 0.2) is 23.0 Å². The van der Waals surface area contributed by atoms with Gasteiger partial charge in [-0.2, -0.15) is 4.39 Å². The van der Waals surface area contributed by atoms with Crippen LogP contribution >= 0.6 is 11.6 Å². The van der Waals surface area contributed by atoms with Crippen LogP contribution in [0.3, 0.4) is 0 Å². The van der Waals surface area contributed by atoms with Gasteiger partial charge in [0, 0.05) is 62.8 Å². The van der Waals surface area contributed by atoms with E-state index in [1.54, 1.807) is 38.6 Å². The molecule has 0 bridgehead atoms. The van der Waals surface area contributed by atoms with Crippen molar-refractivity contribution in [3.63, 3.8) is 0 Å². The normalized spacial score (nSPS) is 18.2. The van der Waals surface area contributed by atoms with Crippen LogP contribution in [0.15, 0.2) is 48.9 Å². The van der Waals surface area contributed by atoms with E-state index in [4.69, 9.17) is 21.1 Å². The molecule has 45 heavy (non-hydrogen) atoms. The summed E-state index contributed by atoms with van der Waals surface area (Å²) in [5, 5.41) is 6.43. The third kappa shape index (κ3) is 5.85. The van der Waals surface area contributed by atoms with Crippen molar-refractivity contribution in [2.75, 3.05) is 45.2 Å². The second-order valence-electron chi connectivity index (χ2n) is 10.5. The lowest BCUT2D eigenvalue weighted by Gasteiger charge is -2.36. The van der Waals surface area contributed by atoms with Gasteiger partial charge in [-0.25, -0.2) is 14.4 Å². The minimum absolute atomic E-state index is 0.00194. The van der Waals surface area contributed by atoms with Crippen molar-refractivity contribution in [2.24, 2.45) is 0 Å². The van der Waals surface area contributed by atoms with Crippen LogP contribution in [0.4, 0.5) is 20.3 Å². The highest BCUT2D eigenvalue weighted by atomic mass is 35.5. The zero-order chi connectivity index (χ0) is 31.7. The maximum atomic E-state index is 14.8. The Balaban J connectivity index is 1.12. The highest BCUT2D eigenvalue weighted by Crippen LogP contribution is 2.32. The highest BCUT2D eigenvalue weighted by Gasteiger charge is 2.35. The van der Waals surface area contributed by atoms with Crippen LogP contribution in [0.25, 0.3) is 16.9 Å². The van der Waals surface area contributed by atoms with Crippen molar-refractivity contribution in [3.8, 4) is 17.0 Å². The summed E-state index contributed by atoms with van der Waals surface area (Å²) in [6.45, 7) is 2.24. The number of rotatable bonds is 8. The molecule has 2 N–H and O–H groups in total. The number of carbonyl (C=O) groups excluding carboxylic acids is 3. The first-order valence-electron chi connectivity index (χ1n) is 14.1. The van der Waals surface area contributed by atoms with Gasteiger partial charge in [-0.15, -0.1) is 0 Å². The van der Waals surface area contributed by atoms with Gasteiger partial charge in [0.2, 0.25) is 11.7 Å². The first-order chi connectivity index (χ1) is 21.8. The molecule has 0 aliphatic carbocycles. The number of hydrogen-bond donors (Lipinski definition) is 2. The summed E-state index contributed by atoms with van der Waals surface area (Å²) in [7, 11) is 1.26. The summed E-state index contributed by atoms with van der Waals surface area (Å²) in [6, 6.07) is 7.20. The molecule has 2 fully saturated rings. The molecule has 4 heterocycles. The Morgan fingerprint density at radius 2 is 1.87 bits per heavy atom. The zero-order valence-corrected chi connectivity index (χ0v) is 24.8. The summed E-state index contributed by atoms with van der Waals surface area (Å²) in [6.07, 6.45) is 4.57. The van der Waals surface area contributed by atoms with Crippen LogP contribution in [0.2, 0.25) is 5.02 Å². The number of imidazole rings is 1. The molecule has 2 atom stereocenters. The molecule has 0 unspecified atom stereocenters. The van der Waals surface area contributed by atoms with Crippen molar-refractivity contribution in [2.45, 2.75) is 18.6 Å². The number of aromatic nitrogens is 3. The minimum Gasteiger partial charge on any atom is -0.494 e. The number of piperazine rings is 1. The Labute approximate surface area is 260 Å². The molecule has 6 rings (SSSR count). The third-order valence-corrected chi connectivity index (χ3v) is 8.26. The summed E-state index contributed by atoms with van der Waals surface area (Å²) < 4.78 is 40.6. The number of amides is 2. The Morgan fingerprint density at radius 1 is 1.09 bits per heavy atom. The Morgan fingerprint density at radius 3 is 2.60 bits per heavy atom. The topological polar surface area (TPSA) is 130 Å². The Hall–Kier alpha value is -4.82. The van der Waals surface area contributed by atoms with E-state index in [0.717, 1.165) is 0 Å². The molecular formula is C30H28ClF2N7O5. The van der Waals surface area contributed by atoms with E-state index in [9.17, 15) is 23.2 Å². The van der Waals surface area contributed by atoms with E-state index >= 15 is 0 Å². The van der Waals surface area contributed by atoms with E-state index in [0.29, 0.717) is 74.0 Å². The molecule has 0 saturated carbocycles. The van der Waals surface area contributed by atoms with E-state index in [1.165, 1.54) is 31.6 Å². The van der Waals surface area contributed by atoms with E-state index in [-0.39, 0.29) is 34.3 Å². The van der Waals surface area contributed by atoms with Crippen LogP contribution in [0, 0.1) is 11.6 Å². The molecule has 4 aromatic rings. The van der Waals surface area contributed by atoms with Gasteiger partial charge in [-0.05, 0) is 30.3 Å². The molecule has 2 aromatic carbocycles. The Bertz CT molecular complexity index is 1780. The summed E-state index contributed by atoms with van der Waals surface area (Å²) in [4.78, 5) is 48.8. The van der Waals surface area contributed by atoms with Crippen LogP contribution in [-0.4, -0.2) is 94.4 Å². The summed E-state index contributed by atoms with van der Waals surface area (Å²) >= 11 is 6.55. The first-order valence-corrected chi connectivity index (χ1v) is 14.5. The van der Waals surface area contributed by atoms with Gasteiger partial charge in [0.05, 0.1) is 35.6 Å². The third-order valence-electron chi connectivity index (χ3n) is 7.95. The molecule has 2 aromatic heterocycles. The average Bonchev–Trinajstić information content (AvgIpc) is 3.70. The number of halogens is 3. The van der Waals surface area contributed by atoms with Gasteiger partial charge < -0.3 is 29.9 Å². The fourth-order valence-corrected chi connectivity index (χ4v) is 5.85. The number of anilines is 2. The molecule has 234 valence electrons. The van der Waals surface area contributed by atoms with Crippen molar-refractivity contribution in [3.05, 3.63) is 71.1 Å². The zero-order valence-electron chi connectivity index (χ0n) is 24.0. The van der Waals surface area contributed by atoms with E-state index in [2.05, 4.69) is 20.6 Å². The lowest BCUT2D eigenvalue weighted by molar-refractivity contribution is -0.136. The van der Waals surface area contributed by atoms with Crippen molar-refractivity contribution in [1.29, 1.82) is 0 Å². The monoisotopic (exact) mass is 639 g/mol. The van der Waals surface area contributed by atoms with Gasteiger partial charge in [-0.3, -0.25) is 18.8 Å². The average molecular weight is 640 g/mol. The number of ether oxygens (including phenoxy) is 2. The highest BCUT2D eigenvalue weighted by molar-refractivity contribution is 6.34. The van der Waals surface area contributed by atoms with Crippen molar-refractivity contribution >= 4 is 47.0 Å². The number of fused-ring (bicyclic) bond motifs is 1. The van der Waals surface area contributed by atoms with Crippen molar-refractivity contribution in [1.82, 2.24) is 29.5 Å².